The van der Waals surface area contributed by atoms with Gasteiger partial charge in [0.25, 0.3) is 5.56 Å². The molecule has 1 aliphatic heterocycles. The molecule has 0 saturated carbocycles. The van der Waals surface area contributed by atoms with Crippen LogP contribution in [0.5, 0.6) is 5.75 Å². The van der Waals surface area contributed by atoms with Gasteiger partial charge in [-0.1, -0.05) is 6.92 Å². The highest BCUT2D eigenvalue weighted by Crippen LogP contribution is 2.31. The fourth-order valence-electron chi connectivity index (χ4n) is 4.49. The lowest BCUT2D eigenvalue weighted by Crippen LogP contribution is -2.33. The molecule has 0 aliphatic carbocycles. The minimum absolute atomic E-state index is 0.107. The van der Waals surface area contributed by atoms with Gasteiger partial charge in [0.15, 0.2) is 0 Å². The Morgan fingerprint density at radius 3 is 2.65 bits per heavy atom. The Bertz CT molecular complexity index is 1320. The third-order valence-electron chi connectivity index (χ3n) is 6.12. The zero-order valence-electron chi connectivity index (χ0n) is 20.1. The molecule has 0 amide bonds. The van der Waals surface area contributed by atoms with Crippen LogP contribution in [0.4, 0.5) is 0 Å². The van der Waals surface area contributed by atoms with Gasteiger partial charge in [-0.2, -0.15) is 0 Å². The third kappa shape index (κ3) is 5.03. The summed E-state index contributed by atoms with van der Waals surface area (Å²) in [6, 6.07) is 4.66. The lowest BCUT2D eigenvalue weighted by atomic mass is 10.1. The number of ether oxygens (including phenoxy) is 1. The van der Waals surface area contributed by atoms with Crippen molar-refractivity contribution in [1.82, 2.24) is 24.2 Å². The molecule has 0 radical (unpaired) electrons. The van der Waals surface area contributed by atoms with Crippen LogP contribution in [0.15, 0.2) is 34.1 Å². The maximum Gasteiger partial charge on any atom is 0.260 e. The first-order valence-electron chi connectivity index (χ1n) is 11.9. The van der Waals surface area contributed by atoms with Crippen LogP contribution >= 0.6 is 0 Å². The summed E-state index contributed by atoms with van der Waals surface area (Å²) in [6.45, 7) is 9.97. The average Bonchev–Trinajstić information content (AvgIpc) is 3.42. The SMILES string of the molecule is CCCn1cc(C)c2c(=O)[nH]c(-c3cc(S(=O)(=O)NCCN4CCCC4)ccc3OCC)nc21. The summed E-state index contributed by atoms with van der Waals surface area (Å²) in [5.41, 5.74) is 1.61. The van der Waals surface area contributed by atoms with Crippen molar-refractivity contribution in [2.24, 2.45) is 0 Å². The molecule has 0 bridgehead atoms. The van der Waals surface area contributed by atoms with Crippen molar-refractivity contribution >= 4 is 21.1 Å². The lowest BCUT2D eigenvalue weighted by Gasteiger charge is -2.16. The monoisotopic (exact) mass is 487 g/mol. The first-order valence-corrected chi connectivity index (χ1v) is 13.4. The number of rotatable bonds is 10. The van der Waals surface area contributed by atoms with Gasteiger partial charge in [-0.15, -0.1) is 0 Å². The molecule has 1 aromatic carbocycles. The van der Waals surface area contributed by atoms with Crippen molar-refractivity contribution in [2.45, 2.75) is 51.5 Å². The van der Waals surface area contributed by atoms with Crippen LogP contribution < -0.4 is 15.0 Å². The largest absolute Gasteiger partial charge is 0.493 e. The Morgan fingerprint density at radius 2 is 1.94 bits per heavy atom. The molecule has 1 saturated heterocycles. The van der Waals surface area contributed by atoms with Gasteiger partial charge < -0.3 is 19.2 Å². The molecule has 1 fully saturated rings. The minimum Gasteiger partial charge on any atom is -0.493 e. The van der Waals surface area contributed by atoms with Gasteiger partial charge >= 0.3 is 0 Å². The fourth-order valence-corrected chi connectivity index (χ4v) is 5.54. The Hall–Kier alpha value is -2.69. The van der Waals surface area contributed by atoms with E-state index in [4.69, 9.17) is 9.72 Å². The maximum absolute atomic E-state index is 13.0. The van der Waals surface area contributed by atoms with Gasteiger partial charge in [0.2, 0.25) is 10.0 Å². The summed E-state index contributed by atoms with van der Waals surface area (Å²) in [4.78, 5) is 22.9. The number of fused-ring (bicyclic) bond motifs is 1. The molecule has 0 unspecified atom stereocenters. The molecular weight excluding hydrogens is 454 g/mol. The van der Waals surface area contributed by atoms with Gasteiger partial charge in [0.1, 0.15) is 17.2 Å². The molecule has 2 aromatic heterocycles. The zero-order valence-corrected chi connectivity index (χ0v) is 20.9. The normalized spacial score (nSPS) is 14.8. The molecule has 184 valence electrons. The number of nitrogens with zero attached hydrogens (tertiary/aromatic N) is 3. The number of aromatic amines is 1. The molecule has 9 nitrogen and oxygen atoms in total. The first kappa shape index (κ1) is 24.4. The van der Waals surface area contributed by atoms with Crippen molar-refractivity contribution < 1.29 is 13.2 Å². The topological polar surface area (TPSA) is 109 Å². The van der Waals surface area contributed by atoms with Crippen molar-refractivity contribution in [1.29, 1.82) is 0 Å². The van der Waals surface area contributed by atoms with Crippen LogP contribution in [0.2, 0.25) is 0 Å². The molecule has 3 heterocycles. The highest BCUT2D eigenvalue weighted by molar-refractivity contribution is 7.89. The van der Waals surface area contributed by atoms with E-state index in [1.807, 2.05) is 24.6 Å². The van der Waals surface area contributed by atoms with Crippen LogP contribution in [-0.4, -0.2) is 60.6 Å². The Balaban J connectivity index is 1.72. The van der Waals surface area contributed by atoms with E-state index < -0.39 is 10.0 Å². The number of aromatic nitrogens is 3. The zero-order chi connectivity index (χ0) is 24.3. The van der Waals surface area contributed by atoms with E-state index in [1.54, 1.807) is 6.07 Å². The molecule has 0 atom stereocenters. The van der Waals surface area contributed by atoms with Crippen LogP contribution in [0, 0.1) is 6.92 Å². The first-order chi connectivity index (χ1) is 16.3. The molecule has 10 heteroatoms. The Morgan fingerprint density at radius 1 is 1.18 bits per heavy atom. The van der Waals surface area contributed by atoms with E-state index in [1.165, 1.54) is 12.1 Å². The summed E-state index contributed by atoms with van der Waals surface area (Å²) >= 11 is 0. The van der Waals surface area contributed by atoms with Gasteiger partial charge in [-0.25, -0.2) is 18.1 Å². The second-order valence-electron chi connectivity index (χ2n) is 8.66. The summed E-state index contributed by atoms with van der Waals surface area (Å²) in [5, 5.41) is 0.544. The fraction of sp³-hybridized carbons (Fsp3) is 0.500. The van der Waals surface area contributed by atoms with Gasteiger partial charge in [0, 0.05) is 25.8 Å². The maximum atomic E-state index is 13.0. The number of likely N-dealkylation sites (tertiary alicyclic amines) is 1. The second-order valence-corrected chi connectivity index (χ2v) is 10.4. The number of benzene rings is 1. The van der Waals surface area contributed by atoms with Crippen molar-refractivity contribution in [3.8, 4) is 17.1 Å². The molecule has 0 spiro atoms. The van der Waals surface area contributed by atoms with E-state index in [0.717, 1.165) is 44.5 Å². The second kappa shape index (κ2) is 10.3. The van der Waals surface area contributed by atoms with Crippen LogP contribution in [0.1, 0.15) is 38.7 Å². The molecular formula is C24H33N5O4S. The number of nitrogens with one attached hydrogen (secondary N) is 2. The van der Waals surface area contributed by atoms with E-state index in [-0.39, 0.29) is 16.3 Å². The summed E-state index contributed by atoms with van der Waals surface area (Å²) < 4.78 is 36.4. The molecule has 3 aromatic rings. The summed E-state index contributed by atoms with van der Waals surface area (Å²) in [6.07, 6.45) is 5.14. The lowest BCUT2D eigenvalue weighted by molar-refractivity contribution is 0.341. The van der Waals surface area contributed by atoms with E-state index in [2.05, 4.69) is 21.5 Å². The van der Waals surface area contributed by atoms with E-state index in [9.17, 15) is 13.2 Å². The number of hydrogen-bond acceptors (Lipinski definition) is 6. The van der Waals surface area contributed by atoms with Crippen LogP contribution in [0.3, 0.4) is 0 Å². The van der Waals surface area contributed by atoms with Crippen LogP contribution in [0.25, 0.3) is 22.4 Å². The van der Waals surface area contributed by atoms with Crippen molar-refractivity contribution in [3.05, 3.63) is 40.3 Å². The summed E-state index contributed by atoms with van der Waals surface area (Å²) in [5.74, 6) is 0.747. The van der Waals surface area contributed by atoms with E-state index in [0.29, 0.717) is 42.0 Å². The van der Waals surface area contributed by atoms with Gasteiger partial charge in [-0.05, 0) is 70.0 Å². The standard InChI is InChI=1S/C24H33N5O4S/c1-4-11-29-16-17(3)21-23(29)26-22(27-24(21)30)19-15-18(8-9-20(19)33-5-2)34(31,32)25-10-14-28-12-6-7-13-28/h8-9,15-16,25H,4-7,10-14H2,1-3H3,(H,26,27,30). The Labute approximate surface area is 200 Å². The molecule has 34 heavy (non-hydrogen) atoms. The number of aryl methyl sites for hydroxylation is 2. The van der Waals surface area contributed by atoms with Crippen LogP contribution in [-0.2, 0) is 16.6 Å². The highest BCUT2D eigenvalue weighted by atomic mass is 32.2. The van der Waals surface area contributed by atoms with Crippen molar-refractivity contribution in [2.75, 3.05) is 32.8 Å². The predicted octanol–water partition coefficient (Wildman–Crippen LogP) is 2.88. The van der Waals surface area contributed by atoms with E-state index >= 15 is 0 Å². The molecule has 1 aliphatic rings. The number of hydrogen-bond donors (Lipinski definition) is 2. The third-order valence-corrected chi connectivity index (χ3v) is 7.57. The molecule has 4 rings (SSSR count). The number of H-pyrrole nitrogens is 1. The summed E-state index contributed by atoms with van der Waals surface area (Å²) in [7, 11) is -3.74. The van der Waals surface area contributed by atoms with Gasteiger partial charge in [-0.3, -0.25) is 4.79 Å². The smallest absolute Gasteiger partial charge is 0.260 e. The minimum atomic E-state index is -3.74. The highest BCUT2D eigenvalue weighted by Gasteiger charge is 2.21. The number of sulfonamides is 1. The quantitative estimate of drug-likeness (QED) is 0.455. The Kier molecular flexibility index (Phi) is 7.39. The van der Waals surface area contributed by atoms with Crippen molar-refractivity contribution in [3.63, 3.8) is 0 Å². The van der Waals surface area contributed by atoms with Gasteiger partial charge in [0.05, 0.1) is 22.5 Å². The molecule has 2 N–H and O–H groups in total. The predicted molar refractivity (Wildman–Crippen MR) is 133 cm³/mol. The average molecular weight is 488 g/mol.